The molecule has 0 aliphatic carbocycles. The van der Waals surface area contributed by atoms with Gasteiger partial charge in [0.2, 0.25) is 6.08 Å². The van der Waals surface area contributed by atoms with Crippen molar-refractivity contribution in [3.05, 3.63) is 28.6 Å². The molecule has 3 heteroatoms. The molecule has 1 heterocycles. The predicted octanol–water partition coefficient (Wildman–Crippen LogP) is 3.49. The van der Waals surface area contributed by atoms with Crippen LogP contribution in [0.1, 0.15) is 10.4 Å². The number of aliphatic imine (C=N–C) groups is 1. The number of hydrogen-bond acceptors (Lipinski definition) is 3. The molecule has 2 nitrogen and oxygen atoms in total. The van der Waals surface area contributed by atoms with Gasteiger partial charge in [0.05, 0.1) is 5.69 Å². The maximum absolute atomic E-state index is 10.1. The summed E-state index contributed by atoms with van der Waals surface area (Å²) < 4.78 is 1.18. The zero-order valence-electron chi connectivity index (χ0n) is 8.00. The molecule has 0 radical (unpaired) electrons. The van der Waals surface area contributed by atoms with Crippen LogP contribution >= 0.6 is 11.3 Å². The highest BCUT2D eigenvalue weighted by Crippen LogP contribution is 2.32. The Hall–Kier alpha value is -1.44. The van der Waals surface area contributed by atoms with E-state index in [4.69, 9.17) is 0 Å². The van der Waals surface area contributed by atoms with E-state index >= 15 is 0 Å². The number of fused-ring (bicyclic) bond motifs is 1. The van der Waals surface area contributed by atoms with Gasteiger partial charge in [0.1, 0.15) is 0 Å². The fourth-order valence-electron chi connectivity index (χ4n) is 1.46. The lowest BCUT2D eigenvalue weighted by Gasteiger charge is -1.92. The summed E-state index contributed by atoms with van der Waals surface area (Å²) in [6.07, 6.45) is 1.55. The van der Waals surface area contributed by atoms with Crippen LogP contribution < -0.4 is 0 Å². The fraction of sp³-hybridized carbons (Fsp3) is 0.182. The topological polar surface area (TPSA) is 29.4 Å². The first-order valence-corrected chi connectivity index (χ1v) is 5.11. The number of hydrogen-bond donors (Lipinski definition) is 0. The number of isocyanates is 1. The minimum absolute atomic E-state index is 0.675. The zero-order valence-corrected chi connectivity index (χ0v) is 8.81. The smallest absolute Gasteiger partial charge is 0.211 e. The van der Waals surface area contributed by atoms with Crippen LogP contribution in [0.5, 0.6) is 0 Å². The van der Waals surface area contributed by atoms with E-state index in [1.54, 1.807) is 17.4 Å². The first kappa shape index (κ1) is 9.13. The first-order chi connectivity index (χ1) is 6.72. The Morgan fingerprint density at radius 1 is 1.36 bits per heavy atom. The molecular weight excluding hydrogens is 194 g/mol. The van der Waals surface area contributed by atoms with E-state index in [1.165, 1.54) is 20.5 Å². The molecule has 2 aromatic rings. The van der Waals surface area contributed by atoms with Gasteiger partial charge in [0, 0.05) is 9.58 Å². The van der Waals surface area contributed by atoms with Crippen molar-refractivity contribution in [2.75, 3.05) is 0 Å². The molecular formula is C11H9NOS. The van der Waals surface area contributed by atoms with Gasteiger partial charge in [-0.2, -0.15) is 4.99 Å². The molecule has 0 amide bonds. The van der Waals surface area contributed by atoms with Gasteiger partial charge in [0.15, 0.2) is 0 Å². The summed E-state index contributed by atoms with van der Waals surface area (Å²) in [6, 6.07) is 5.77. The van der Waals surface area contributed by atoms with Crippen molar-refractivity contribution >= 4 is 33.2 Å². The van der Waals surface area contributed by atoms with E-state index in [1.807, 2.05) is 18.2 Å². The van der Waals surface area contributed by atoms with Crippen LogP contribution in [0, 0.1) is 13.8 Å². The van der Waals surface area contributed by atoms with Gasteiger partial charge in [-0.1, -0.05) is 6.07 Å². The maximum atomic E-state index is 10.1. The van der Waals surface area contributed by atoms with Crippen LogP contribution in [0.2, 0.25) is 0 Å². The van der Waals surface area contributed by atoms with Crippen LogP contribution in [0.4, 0.5) is 5.69 Å². The number of rotatable bonds is 1. The SMILES string of the molecule is Cc1sc2cc(N=C=O)ccc2c1C. The summed E-state index contributed by atoms with van der Waals surface area (Å²) in [5.41, 5.74) is 1.99. The van der Waals surface area contributed by atoms with Gasteiger partial charge in [-0.25, -0.2) is 4.79 Å². The minimum atomic E-state index is 0.675. The lowest BCUT2D eigenvalue weighted by Crippen LogP contribution is -1.70. The summed E-state index contributed by atoms with van der Waals surface area (Å²) in [7, 11) is 0. The molecule has 0 spiro atoms. The molecule has 0 fully saturated rings. The molecule has 14 heavy (non-hydrogen) atoms. The summed E-state index contributed by atoms with van der Waals surface area (Å²) in [5, 5.41) is 1.25. The van der Waals surface area contributed by atoms with E-state index in [0.717, 1.165) is 0 Å². The highest BCUT2D eigenvalue weighted by Gasteiger charge is 2.04. The molecule has 0 N–H and O–H groups in total. The van der Waals surface area contributed by atoms with Crippen molar-refractivity contribution in [3.8, 4) is 0 Å². The zero-order chi connectivity index (χ0) is 10.1. The third kappa shape index (κ3) is 1.37. The fourth-order valence-corrected chi connectivity index (χ4v) is 2.56. The van der Waals surface area contributed by atoms with Gasteiger partial charge >= 0.3 is 0 Å². The van der Waals surface area contributed by atoms with Crippen LogP contribution in [0.25, 0.3) is 10.1 Å². The lowest BCUT2D eigenvalue weighted by molar-refractivity contribution is 0.565. The molecule has 0 bridgehead atoms. The van der Waals surface area contributed by atoms with Gasteiger partial charge < -0.3 is 0 Å². The summed E-state index contributed by atoms with van der Waals surface area (Å²) in [6.45, 7) is 4.21. The summed E-state index contributed by atoms with van der Waals surface area (Å²) in [4.78, 5) is 15.0. The van der Waals surface area contributed by atoms with Crippen LogP contribution in [-0.2, 0) is 4.79 Å². The summed E-state index contributed by atoms with van der Waals surface area (Å²) in [5.74, 6) is 0. The molecule has 0 atom stereocenters. The van der Waals surface area contributed by atoms with Crippen LogP contribution in [0.3, 0.4) is 0 Å². The standard InChI is InChI=1S/C11H9NOS/c1-7-8(2)14-11-5-9(12-6-13)3-4-10(7)11/h3-5H,1-2H3. The number of carbonyl (C=O) groups excluding carboxylic acids is 1. The third-order valence-electron chi connectivity index (χ3n) is 2.34. The Labute approximate surface area is 85.9 Å². The Morgan fingerprint density at radius 3 is 2.86 bits per heavy atom. The minimum Gasteiger partial charge on any atom is -0.211 e. The van der Waals surface area contributed by atoms with E-state index in [0.29, 0.717) is 5.69 Å². The number of aryl methyl sites for hydroxylation is 2. The first-order valence-electron chi connectivity index (χ1n) is 4.30. The lowest BCUT2D eigenvalue weighted by atomic mass is 10.1. The Balaban J connectivity index is 2.73. The quantitative estimate of drug-likeness (QED) is 0.515. The highest BCUT2D eigenvalue weighted by atomic mass is 32.1. The molecule has 1 aromatic heterocycles. The van der Waals surface area contributed by atoms with Crippen molar-refractivity contribution in [3.63, 3.8) is 0 Å². The van der Waals surface area contributed by atoms with Crippen molar-refractivity contribution in [1.82, 2.24) is 0 Å². The van der Waals surface area contributed by atoms with Crippen LogP contribution in [0.15, 0.2) is 23.2 Å². The van der Waals surface area contributed by atoms with E-state index < -0.39 is 0 Å². The molecule has 0 unspecified atom stereocenters. The third-order valence-corrected chi connectivity index (χ3v) is 3.51. The molecule has 1 aromatic carbocycles. The number of benzene rings is 1. The Bertz CT molecular complexity index is 535. The van der Waals surface area contributed by atoms with E-state index in [9.17, 15) is 4.79 Å². The Kier molecular flexibility index (Phi) is 2.20. The highest BCUT2D eigenvalue weighted by molar-refractivity contribution is 7.19. The molecule has 2 rings (SSSR count). The van der Waals surface area contributed by atoms with Crippen molar-refractivity contribution in [2.24, 2.45) is 4.99 Å². The van der Waals surface area contributed by atoms with Gasteiger partial charge in [-0.3, -0.25) is 0 Å². The van der Waals surface area contributed by atoms with E-state index in [2.05, 4.69) is 18.8 Å². The molecule has 0 saturated heterocycles. The van der Waals surface area contributed by atoms with Gasteiger partial charge in [-0.15, -0.1) is 11.3 Å². The summed E-state index contributed by atoms with van der Waals surface area (Å²) >= 11 is 1.73. The Morgan fingerprint density at radius 2 is 2.14 bits per heavy atom. The molecule has 70 valence electrons. The predicted molar refractivity (Wildman–Crippen MR) is 59.1 cm³/mol. The van der Waals surface area contributed by atoms with Crippen molar-refractivity contribution in [1.29, 1.82) is 0 Å². The average molecular weight is 203 g/mol. The van der Waals surface area contributed by atoms with Crippen molar-refractivity contribution in [2.45, 2.75) is 13.8 Å². The van der Waals surface area contributed by atoms with Gasteiger partial charge in [-0.05, 0) is 36.9 Å². The molecule has 0 saturated carbocycles. The monoisotopic (exact) mass is 203 g/mol. The number of thiophene rings is 1. The molecule has 0 aliphatic rings. The molecule has 0 aliphatic heterocycles. The van der Waals surface area contributed by atoms with Gasteiger partial charge in [0.25, 0.3) is 0 Å². The normalized spacial score (nSPS) is 10.1. The second kappa shape index (κ2) is 3.37. The maximum Gasteiger partial charge on any atom is 0.240 e. The average Bonchev–Trinajstić information content (AvgIpc) is 2.43. The number of nitrogens with zero attached hydrogens (tertiary/aromatic N) is 1. The van der Waals surface area contributed by atoms with Crippen LogP contribution in [-0.4, -0.2) is 6.08 Å². The second-order valence-corrected chi connectivity index (χ2v) is 4.42. The van der Waals surface area contributed by atoms with E-state index in [-0.39, 0.29) is 0 Å². The second-order valence-electron chi connectivity index (χ2n) is 3.17. The largest absolute Gasteiger partial charge is 0.240 e. The van der Waals surface area contributed by atoms with Crippen molar-refractivity contribution < 1.29 is 4.79 Å².